The van der Waals surface area contributed by atoms with Crippen LogP contribution in [-0.2, 0) is 9.63 Å². The van der Waals surface area contributed by atoms with E-state index in [1.807, 2.05) is 0 Å². The maximum atomic E-state index is 11.8. The highest BCUT2D eigenvalue weighted by molar-refractivity contribution is 5.94. The first-order chi connectivity index (χ1) is 8.78. The minimum atomic E-state index is -4.51. The predicted molar refractivity (Wildman–Crippen MR) is 60.2 cm³/mol. The van der Waals surface area contributed by atoms with E-state index in [1.54, 1.807) is 5.48 Å². The Morgan fingerprint density at radius 3 is 2.26 bits per heavy atom. The van der Waals surface area contributed by atoms with Crippen LogP contribution in [-0.4, -0.2) is 24.6 Å². The van der Waals surface area contributed by atoms with Gasteiger partial charge < -0.3 is 5.32 Å². The number of benzene rings is 1. The van der Waals surface area contributed by atoms with Gasteiger partial charge in [0.15, 0.2) is 6.61 Å². The van der Waals surface area contributed by atoms with Gasteiger partial charge in [-0.3, -0.25) is 14.4 Å². The molecule has 5 nitrogen and oxygen atoms in total. The molecule has 0 heterocycles. The molecule has 8 heteroatoms. The van der Waals surface area contributed by atoms with E-state index in [9.17, 15) is 22.8 Å². The van der Waals surface area contributed by atoms with E-state index >= 15 is 0 Å². The van der Waals surface area contributed by atoms with Gasteiger partial charge in [0.05, 0.1) is 0 Å². The molecule has 0 bridgehead atoms. The van der Waals surface area contributed by atoms with Crippen LogP contribution in [0, 0.1) is 0 Å². The highest BCUT2D eigenvalue weighted by Crippen LogP contribution is 2.14. The Morgan fingerprint density at radius 1 is 1.21 bits per heavy atom. The molecule has 0 unspecified atom stereocenters. The lowest BCUT2D eigenvalue weighted by Gasteiger charge is -2.08. The van der Waals surface area contributed by atoms with E-state index in [0.717, 1.165) is 0 Å². The van der Waals surface area contributed by atoms with Crippen LogP contribution in [0.1, 0.15) is 17.3 Å². The summed E-state index contributed by atoms with van der Waals surface area (Å²) < 4.78 is 35.3. The highest BCUT2D eigenvalue weighted by atomic mass is 19.4. The molecule has 1 aromatic carbocycles. The summed E-state index contributed by atoms with van der Waals surface area (Å²) in [4.78, 5) is 26.1. The number of carbonyl (C=O) groups is 2. The van der Waals surface area contributed by atoms with Crippen molar-refractivity contribution in [3.8, 4) is 0 Å². The van der Waals surface area contributed by atoms with Crippen LogP contribution in [0.4, 0.5) is 18.9 Å². The van der Waals surface area contributed by atoms with Crippen molar-refractivity contribution in [3.05, 3.63) is 29.8 Å². The van der Waals surface area contributed by atoms with Crippen molar-refractivity contribution in [2.24, 2.45) is 0 Å². The molecule has 19 heavy (non-hydrogen) atoms. The van der Waals surface area contributed by atoms with Gasteiger partial charge in [0.1, 0.15) is 0 Å². The van der Waals surface area contributed by atoms with Gasteiger partial charge in [-0.1, -0.05) is 0 Å². The molecule has 1 rings (SSSR count). The molecule has 0 aliphatic carbocycles. The number of rotatable bonds is 4. The fraction of sp³-hybridized carbons (Fsp3) is 0.273. The normalized spacial score (nSPS) is 10.9. The summed E-state index contributed by atoms with van der Waals surface area (Å²) in [7, 11) is 0. The van der Waals surface area contributed by atoms with Crippen molar-refractivity contribution >= 4 is 17.5 Å². The number of amides is 2. The van der Waals surface area contributed by atoms with Crippen LogP contribution in [0.15, 0.2) is 24.3 Å². The van der Waals surface area contributed by atoms with E-state index in [-0.39, 0.29) is 11.5 Å². The van der Waals surface area contributed by atoms with Crippen molar-refractivity contribution in [1.29, 1.82) is 0 Å². The molecular weight excluding hydrogens is 265 g/mol. The number of nitrogens with one attached hydrogen (secondary N) is 2. The molecule has 2 N–H and O–H groups in total. The molecule has 0 aliphatic rings. The topological polar surface area (TPSA) is 67.4 Å². The number of halogens is 3. The standard InChI is InChI=1S/C11H11F3N2O3/c1-7(17)15-9-4-2-8(3-5-9)10(18)16-19-6-11(12,13)14/h2-5H,6H2,1H3,(H,15,17)(H,16,18). The van der Waals surface area contributed by atoms with Gasteiger partial charge in [0.2, 0.25) is 5.91 Å². The molecule has 0 aromatic heterocycles. The van der Waals surface area contributed by atoms with Gasteiger partial charge >= 0.3 is 6.18 Å². The summed E-state index contributed by atoms with van der Waals surface area (Å²) in [6, 6.07) is 5.58. The lowest BCUT2D eigenvalue weighted by Crippen LogP contribution is -2.29. The molecule has 0 radical (unpaired) electrons. The molecule has 0 saturated heterocycles. The zero-order valence-corrected chi connectivity index (χ0v) is 9.88. The van der Waals surface area contributed by atoms with Crippen molar-refractivity contribution in [2.45, 2.75) is 13.1 Å². The number of hydrogen-bond acceptors (Lipinski definition) is 3. The molecule has 0 fully saturated rings. The smallest absolute Gasteiger partial charge is 0.326 e. The third kappa shape index (κ3) is 5.87. The second kappa shape index (κ2) is 6.19. The molecular formula is C11H11F3N2O3. The molecule has 2 amide bonds. The fourth-order valence-corrected chi connectivity index (χ4v) is 1.15. The van der Waals surface area contributed by atoms with Crippen molar-refractivity contribution in [3.63, 3.8) is 0 Å². The van der Waals surface area contributed by atoms with Gasteiger partial charge in [-0.2, -0.15) is 13.2 Å². The third-order valence-electron chi connectivity index (χ3n) is 1.87. The van der Waals surface area contributed by atoms with Crippen molar-refractivity contribution < 1.29 is 27.6 Å². The summed E-state index contributed by atoms with van der Waals surface area (Å²) in [6.07, 6.45) is -4.51. The van der Waals surface area contributed by atoms with Crippen LogP contribution in [0.2, 0.25) is 0 Å². The first kappa shape index (κ1) is 15.0. The molecule has 0 aliphatic heterocycles. The maximum absolute atomic E-state index is 11.8. The van der Waals surface area contributed by atoms with E-state index in [1.165, 1.54) is 31.2 Å². The van der Waals surface area contributed by atoms with E-state index in [4.69, 9.17) is 0 Å². The number of carbonyl (C=O) groups excluding carboxylic acids is 2. The monoisotopic (exact) mass is 276 g/mol. The lowest BCUT2D eigenvalue weighted by molar-refractivity contribution is -0.184. The van der Waals surface area contributed by atoms with Gasteiger partial charge in [-0.05, 0) is 24.3 Å². The number of hydroxylamine groups is 1. The van der Waals surface area contributed by atoms with Crippen LogP contribution in [0.25, 0.3) is 0 Å². The Balaban J connectivity index is 2.51. The number of anilines is 1. The molecule has 1 aromatic rings. The molecule has 0 spiro atoms. The van der Waals surface area contributed by atoms with Crippen LogP contribution < -0.4 is 10.8 Å². The fourth-order valence-electron chi connectivity index (χ4n) is 1.15. The SMILES string of the molecule is CC(=O)Nc1ccc(C(=O)NOCC(F)(F)F)cc1. The van der Waals surface area contributed by atoms with Crippen LogP contribution in [0.3, 0.4) is 0 Å². The second-order valence-corrected chi connectivity index (χ2v) is 3.59. The van der Waals surface area contributed by atoms with Gasteiger partial charge in [-0.25, -0.2) is 5.48 Å². The Labute approximate surface area is 106 Å². The largest absolute Gasteiger partial charge is 0.414 e. The summed E-state index contributed by atoms with van der Waals surface area (Å²) in [6.45, 7) is -0.242. The quantitative estimate of drug-likeness (QED) is 0.825. The minimum Gasteiger partial charge on any atom is -0.326 e. The Kier molecular flexibility index (Phi) is 4.87. The first-order valence-corrected chi connectivity index (χ1v) is 5.14. The van der Waals surface area contributed by atoms with E-state index in [0.29, 0.717) is 5.69 Å². The second-order valence-electron chi connectivity index (χ2n) is 3.59. The summed E-state index contributed by atoms with van der Waals surface area (Å²) in [5.74, 6) is -1.08. The zero-order chi connectivity index (χ0) is 14.5. The third-order valence-corrected chi connectivity index (χ3v) is 1.87. The Hall–Kier alpha value is -2.09. The highest BCUT2D eigenvalue weighted by Gasteiger charge is 2.28. The van der Waals surface area contributed by atoms with E-state index in [2.05, 4.69) is 10.2 Å². The Morgan fingerprint density at radius 2 is 1.79 bits per heavy atom. The average molecular weight is 276 g/mol. The van der Waals surface area contributed by atoms with Gasteiger partial charge in [-0.15, -0.1) is 0 Å². The molecule has 0 saturated carbocycles. The van der Waals surface area contributed by atoms with Gasteiger partial charge in [0.25, 0.3) is 5.91 Å². The lowest BCUT2D eigenvalue weighted by atomic mass is 10.2. The first-order valence-electron chi connectivity index (χ1n) is 5.14. The molecule has 0 atom stereocenters. The average Bonchev–Trinajstić information content (AvgIpc) is 2.27. The number of alkyl halides is 3. The number of hydrogen-bond donors (Lipinski definition) is 2. The summed E-state index contributed by atoms with van der Waals surface area (Å²) >= 11 is 0. The minimum absolute atomic E-state index is 0.108. The summed E-state index contributed by atoms with van der Waals surface area (Å²) in [5.41, 5.74) is 2.25. The van der Waals surface area contributed by atoms with Crippen LogP contribution >= 0.6 is 0 Å². The summed E-state index contributed by atoms with van der Waals surface area (Å²) in [5, 5.41) is 2.48. The molecule has 104 valence electrons. The maximum Gasteiger partial charge on any atom is 0.414 e. The predicted octanol–water partition coefficient (Wildman–Crippen LogP) is 1.87. The van der Waals surface area contributed by atoms with Gasteiger partial charge in [0, 0.05) is 18.2 Å². The van der Waals surface area contributed by atoms with Crippen molar-refractivity contribution in [2.75, 3.05) is 11.9 Å². The van der Waals surface area contributed by atoms with E-state index < -0.39 is 18.7 Å². The van der Waals surface area contributed by atoms with Crippen LogP contribution in [0.5, 0.6) is 0 Å². The van der Waals surface area contributed by atoms with Crippen molar-refractivity contribution in [1.82, 2.24) is 5.48 Å². The Bertz CT molecular complexity index is 457. The zero-order valence-electron chi connectivity index (χ0n) is 9.88.